The van der Waals surface area contributed by atoms with E-state index in [9.17, 15) is 8.78 Å². The molecule has 0 amide bonds. The van der Waals surface area contributed by atoms with Gasteiger partial charge in [-0.15, -0.1) is 0 Å². The van der Waals surface area contributed by atoms with Crippen molar-refractivity contribution in [3.63, 3.8) is 0 Å². The fourth-order valence-corrected chi connectivity index (χ4v) is 1.36. The molecule has 2 rings (SSSR count). The maximum atomic E-state index is 13.4. The molecule has 0 fully saturated rings. The molecular weight excluding hydrogens is 228 g/mol. The maximum absolute atomic E-state index is 13.4. The summed E-state index contributed by atoms with van der Waals surface area (Å²) < 4.78 is 31.3. The number of hydrogen-bond acceptors (Lipinski definition) is 4. The molecule has 1 aromatic carbocycles. The first kappa shape index (κ1) is 11.7. The van der Waals surface area contributed by atoms with Crippen molar-refractivity contribution in [2.75, 3.05) is 13.6 Å². The van der Waals surface area contributed by atoms with Gasteiger partial charge in [0.25, 0.3) is 5.89 Å². The van der Waals surface area contributed by atoms with Crippen molar-refractivity contribution >= 4 is 0 Å². The van der Waals surface area contributed by atoms with E-state index in [1.807, 2.05) is 0 Å². The molecule has 0 aliphatic carbocycles. The molecule has 0 bridgehead atoms. The molecule has 6 heteroatoms. The SMILES string of the molecule is CNCCc1noc(-c2cc(F)ccc2F)n1. The zero-order valence-corrected chi connectivity index (χ0v) is 9.20. The molecule has 0 saturated heterocycles. The van der Waals surface area contributed by atoms with Crippen LogP contribution in [-0.2, 0) is 6.42 Å². The number of benzene rings is 1. The molecule has 0 radical (unpaired) electrons. The number of aromatic nitrogens is 2. The van der Waals surface area contributed by atoms with Crippen LogP contribution in [0.2, 0.25) is 0 Å². The summed E-state index contributed by atoms with van der Waals surface area (Å²) in [4.78, 5) is 4.00. The maximum Gasteiger partial charge on any atom is 0.261 e. The Bertz CT molecular complexity index is 513. The molecule has 0 saturated carbocycles. The first-order valence-electron chi connectivity index (χ1n) is 5.13. The normalized spacial score (nSPS) is 10.8. The van der Waals surface area contributed by atoms with Gasteiger partial charge in [0.05, 0.1) is 5.56 Å². The summed E-state index contributed by atoms with van der Waals surface area (Å²) >= 11 is 0. The Morgan fingerprint density at radius 1 is 1.35 bits per heavy atom. The first-order chi connectivity index (χ1) is 8.20. The van der Waals surface area contributed by atoms with Gasteiger partial charge in [0.1, 0.15) is 11.6 Å². The average Bonchev–Trinajstić information content (AvgIpc) is 2.78. The number of nitrogens with zero attached hydrogens (tertiary/aromatic N) is 2. The molecule has 0 aliphatic heterocycles. The molecule has 2 aromatic rings. The lowest BCUT2D eigenvalue weighted by Crippen LogP contribution is -2.11. The molecule has 1 aromatic heterocycles. The minimum atomic E-state index is -0.588. The Hall–Kier alpha value is -1.82. The Labute approximate surface area is 96.6 Å². The summed E-state index contributed by atoms with van der Waals surface area (Å²) in [7, 11) is 1.80. The predicted octanol–water partition coefficient (Wildman–Crippen LogP) is 1.78. The van der Waals surface area contributed by atoms with Crippen LogP contribution in [0.15, 0.2) is 22.7 Å². The Balaban J connectivity index is 2.27. The standard InChI is InChI=1S/C11H11F2N3O/c1-14-5-4-10-15-11(17-16-10)8-6-7(12)2-3-9(8)13/h2-3,6,14H,4-5H2,1H3. The summed E-state index contributed by atoms with van der Waals surface area (Å²) in [5.74, 6) is -0.683. The third-order valence-electron chi connectivity index (χ3n) is 2.23. The van der Waals surface area contributed by atoms with Gasteiger partial charge in [-0.2, -0.15) is 4.98 Å². The third-order valence-corrected chi connectivity index (χ3v) is 2.23. The molecule has 0 unspecified atom stereocenters. The highest BCUT2D eigenvalue weighted by atomic mass is 19.1. The zero-order valence-electron chi connectivity index (χ0n) is 9.20. The van der Waals surface area contributed by atoms with Gasteiger partial charge in [0.2, 0.25) is 0 Å². The van der Waals surface area contributed by atoms with Crippen molar-refractivity contribution in [1.82, 2.24) is 15.5 Å². The van der Waals surface area contributed by atoms with E-state index in [2.05, 4.69) is 15.5 Å². The lowest BCUT2D eigenvalue weighted by atomic mass is 10.2. The van der Waals surface area contributed by atoms with Crippen LogP contribution in [0.1, 0.15) is 5.82 Å². The quantitative estimate of drug-likeness (QED) is 0.883. The fourth-order valence-electron chi connectivity index (χ4n) is 1.36. The Morgan fingerprint density at radius 2 is 2.18 bits per heavy atom. The summed E-state index contributed by atoms with van der Waals surface area (Å²) in [6, 6.07) is 3.10. The van der Waals surface area contributed by atoms with Crippen molar-refractivity contribution in [2.45, 2.75) is 6.42 Å². The second kappa shape index (κ2) is 5.01. The van der Waals surface area contributed by atoms with Gasteiger partial charge < -0.3 is 9.84 Å². The predicted molar refractivity (Wildman–Crippen MR) is 57.3 cm³/mol. The molecule has 4 nitrogen and oxygen atoms in total. The van der Waals surface area contributed by atoms with Crippen LogP contribution < -0.4 is 5.32 Å². The van der Waals surface area contributed by atoms with E-state index in [1.165, 1.54) is 0 Å². The van der Waals surface area contributed by atoms with Crippen molar-refractivity contribution in [2.24, 2.45) is 0 Å². The fraction of sp³-hybridized carbons (Fsp3) is 0.273. The summed E-state index contributed by atoms with van der Waals surface area (Å²) in [6.45, 7) is 0.685. The van der Waals surface area contributed by atoms with Gasteiger partial charge in [-0.25, -0.2) is 8.78 Å². The number of hydrogen-bond donors (Lipinski definition) is 1. The lowest BCUT2D eigenvalue weighted by molar-refractivity contribution is 0.419. The van der Waals surface area contributed by atoms with Crippen molar-refractivity contribution in [1.29, 1.82) is 0 Å². The van der Waals surface area contributed by atoms with Crippen LogP contribution in [0.4, 0.5) is 8.78 Å². The highest BCUT2D eigenvalue weighted by molar-refractivity contribution is 5.53. The van der Waals surface area contributed by atoms with Gasteiger partial charge in [0.15, 0.2) is 5.82 Å². The van der Waals surface area contributed by atoms with Crippen LogP contribution in [0.5, 0.6) is 0 Å². The molecule has 0 aliphatic rings. The van der Waals surface area contributed by atoms with E-state index in [4.69, 9.17) is 4.52 Å². The Morgan fingerprint density at radius 3 is 2.94 bits per heavy atom. The van der Waals surface area contributed by atoms with Gasteiger partial charge in [0, 0.05) is 13.0 Å². The van der Waals surface area contributed by atoms with Gasteiger partial charge >= 0.3 is 0 Å². The Kier molecular flexibility index (Phi) is 3.43. The molecule has 1 heterocycles. The molecular formula is C11H11F2N3O. The number of nitrogens with one attached hydrogen (secondary N) is 1. The number of rotatable bonds is 4. The first-order valence-corrected chi connectivity index (χ1v) is 5.13. The largest absolute Gasteiger partial charge is 0.334 e. The zero-order chi connectivity index (χ0) is 12.3. The highest BCUT2D eigenvalue weighted by Crippen LogP contribution is 2.21. The second-order valence-electron chi connectivity index (χ2n) is 3.49. The van der Waals surface area contributed by atoms with Crippen LogP contribution in [0.3, 0.4) is 0 Å². The third kappa shape index (κ3) is 2.65. The molecule has 0 spiro atoms. The molecule has 1 N–H and O–H groups in total. The average molecular weight is 239 g/mol. The van der Waals surface area contributed by atoms with Crippen molar-refractivity contribution in [3.8, 4) is 11.5 Å². The topological polar surface area (TPSA) is 51.0 Å². The van der Waals surface area contributed by atoms with E-state index in [1.54, 1.807) is 7.05 Å². The van der Waals surface area contributed by atoms with Crippen LogP contribution in [-0.4, -0.2) is 23.7 Å². The monoisotopic (exact) mass is 239 g/mol. The summed E-state index contributed by atoms with van der Waals surface area (Å²) in [5, 5.41) is 6.62. The number of likely N-dealkylation sites (N-methyl/N-ethyl adjacent to an activating group) is 1. The van der Waals surface area contributed by atoms with Gasteiger partial charge in [-0.1, -0.05) is 5.16 Å². The summed E-state index contributed by atoms with van der Waals surface area (Å²) in [6.07, 6.45) is 0.566. The van der Waals surface area contributed by atoms with Crippen LogP contribution >= 0.6 is 0 Å². The molecule has 17 heavy (non-hydrogen) atoms. The van der Waals surface area contributed by atoms with Crippen LogP contribution in [0.25, 0.3) is 11.5 Å². The lowest BCUT2D eigenvalue weighted by Gasteiger charge is -1.96. The molecule has 0 atom stereocenters. The van der Waals surface area contributed by atoms with Crippen molar-refractivity contribution in [3.05, 3.63) is 35.7 Å². The van der Waals surface area contributed by atoms with Crippen molar-refractivity contribution < 1.29 is 13.3 Å². The van der Waals surface area contributed by atoms with Gasteiger partial charge in [-0.3, -0.25) is 0 Å². The van der Waals surface area contributed by atoms with E-state index in [0.29, 0.717) is 18.8 Å². The smallest absolute Gasteiger partial charge is 0.261 e. The van der Waals surface area contributed by atoms with Crippen LogP contribution in [0, 0.1) is 11.6 Å². The summed E-state index contributed by atoms with van der Waals surface area (Å²) in [5.41, 5.74) is -0.0202. The van der Waals surface area contributed by atoms with Gasteiger partial charge in [-0.05, 0) is 25.2 Å². The van der Waals surface area contributed by atoms with E-state index in [0.717, 1.165) is 18.2 Å². The number of halogens is 2. The van der Waals surface area contributed by atoms with E-state index < -0.39 is 11.6 Å². The minimum Gasteiger partial charge on any atom is -0.334 e. The van der Waals surface area contributed by atoms with E-state index in [-0.39, 0.29) is 11.5 Å². The second-order valence-corrected chi connectivity index (χ2v) is 3.49. The molecule has 90 valence electrons. The minimum absolute atomic E-state index is 0.00639. The van der Waals surface area contributed by atoms with E-state index >= 15 is 0 Å². The highest BCUT2D eigenvalue weighted by Gasteiger charge is 2.13.